The average Bonchev–Trinajstić information content (AvgIpc) is 2.03. The monoisotopic (exact) mass is 152 g/mol. The van der Waals surface area contributed by atoms with E-state index in [0.717, 1.165) is 19.6 Å². The molecule has 2 atom stereocenters. The second-order valence-electron chi connectivity index (χ2n) is 3.19. The molecule has 1 N–H and O–H groups in total. The van der Waals surface area contributed by atoms with Crippen molar-refractivity contribution in [3.05, 3.63) is 0 Å². The molecule has 11 heavy (non-hydrogen) atoms. The van der Waals surface area contributed by atoms with Crippen molar-refractivity contribution in [2.45, 2.75) is 25.9 Å². The molecule has 0 aromatic heterocycles. The van der Waals surface area contributed by atoms with E-state index < -0.39 is 0 Å². The third-order valence-electron chi connectivity index (χ3n) is 2.19. The maximum atomic E-state index is 5.34. The largest absolute Gasteiger partial charge is 0.312 e. The normalized spacial score (nSPS) is 29.4. The molecule has 0 aliphatic carbocycles. The zero-order valence-corrected chi connectivity index (χ0v) is 7.30. The topological polar surface area (TPSA) is 15.3 Å². The van der Waals surface area contributed by atoms with E-state index in [2.05, 4.69) is 30.0 Å². The number of nitrogens with zero attached hydrogens (tertiary/aromatic N) is 1. The molecule has 2 unspecified atom stereocenters. The maximum Gasteiger partial charge on any atom is 0.0684 e. The molecule has 2 heteroatoms. The first-order valence-electron chi connectivity index (χ1n) is 4.17. The Morgan fingerprint density at radius 2 is 2.45 bits per heavy atom. The summed E-state index contributed by atoms with van der Waals surface area (Å²) in [5.74, 6) is 2.75. The van der Waals surface area contributed by atoms with Gasteiger partial charge in [0.1, 0.15) is 0 Å². The maximum absolute atomic E-state index is 5.34. The molecular weight excluding hydrogens is 136 g/mol. The van der Waals surface area contributed by atoms with Gasteiger partial charge in [0, 0.05) is 25.7 Å². The highest BCUT2D eigenvalue weighted by Gasteiger charge is 2.18. The van der Waals surface area contributed by atoms with Crippen LogP contribution in [0.15, 0.2) is 0 Å². The van der Waals surface area contributed by atoms with Crippen LogP contribution in [-0.4, -0.2) is 36.6 Å². The Morgan fingerprint density at radius 1 is 1.73 bits per heavy atom. The number of piperazine rings is 1. The standard InChI is InChI=1S/C9H16N2/c1-4-9(3)11-6-5-10-8(2)7-11/h1,8-10H,5-7H2,2-3H3. The summed E-state index contributed by atoms with van der Waals surface area (Å²) in [6.07, 6.45) is 5.34. The fourth-order valence-corrected chi connectivity index (χ4v) is 1.42. The third kappa shape index (κ3) is 2.21. The summed E-state index contributed by atoms with van der Waals surface area (Å²) >= 11 is 0. The summed E-state index contributed by atoms with van der Waals surface area (Å²) in [6, 6.07) is 0.874. The Bertz CT molecular complexity index is 159. The quantitative estimate of drug-likeness (QED) is 0.544. The molecule has 1 saturated heterocycles. The van der Waals surface area contributed by atoms with Crippen LogP contribution >= 0.6 is 0 Å². The number of rotatable bonds is 1. The molecule has 0 aromatic rings. The molecule has 1 aliphatic rings. The zero-order chi connectivity index (χ0) is 8.27. The van der Waals surface area contributed by atoms with Gasteiger partial charge in [0.25, 0.3) is 0 Å². The van der Waals surface area contributed by atoms with Gasteiger partial charge < -0.3 is 5.32 Å². The van der Waals surface area contributed by atoms with Crippen LogP contribution in [0, 0.1) is 12.3 Å². The fourth-order valence-electron chi connectivity index (χ4n) is 1.42. The molecule has 0 aromatic carbocycles. The van der Waals surface area contributed by atoms with Crippen molar-refractivity contribution in [1.29, 1.82) is 0 Å². The first-order valence-corrected chi connectivity index (χ1v) is 4.17. The fraction of sp³-hybridized carbons (Fsp3) is 0.778. The molecule has 1 rings (SSSR count). The number of hydrogen-bond acceptors (Lipinski definition) is 2. The van der Waals surface area contributed by atoms with Crippen molar-refractivity contribution in [2.24, 2.45) is 0 Å². The van der Waals surface area contributed by atoms with Crippen LogP contribution in [-0.2, 0) is 0 Å². The Kier molecular flexibility index (Phi) is 2.92. The lowest BCUT2D eigenvalue weighted by molar-refractivity contribution is 0.187. The molecular formula is C9H16N2. The second-order valence-corrected chi connectivity index (χ2v) is 3.19. The van der Waals surface area contributed by atoms with Crippen molar-refractivity contribution >= 4 is 0 Å². The Hall–Kier alpha value is -0.520. The lowest BCUT2D eigenvalue weighted by Crippen LogP contribution is -2.51. The molecule has 0 spiro atoms. The minimum absolute atomic E-state index is 0.291. The highest BCUT2D eigenvalue weighted by atomic mass is 15.2. The van der Waals surface area contributed by atoms with Gasteiger partial charge >= 0.3 is 0 Å². The van der Waals surface area contributed by atoms with E-state index >= 15 is 0 Å². The zero-order valence-electron chi connectivity index (χ0n) is 7.30. The molecule has 0 bridgehead atoms. The van der Waals surface area contributed by atoms with Gasteiger partial charge in [-0.05, 0) is 13.8 Å². The van der Waals surface area contributed by atoms with Crippen LogP contribution in [0.2, 0.25) is 0 Å². The first kappa shape index (κ1) is 8.58. The Balaban J connectivity index is 2.40. The van der Waals surface area contributed by atoms with Crippen molar-refractivity contribution in [2.75, 3.05) is 19.6 Å². The molecule has 1 heterocycles. The summed E-state index contributed by atoms with van der Waals surface area (Å²) in [4.78, 5) is 2.33. The van der Waals surface area contributed by atoms with E-state index in [0.29, 0.717) is 12.1 Å². The van der Waals surface area contributed by atoms with Gasteiger partial charge in [0.15, 0.2) is 0 Å². The van der Waals surface area contributed by atoms with Gasteiger partial charge in [-0.15, -0.1) is 6.42 Å². The van der Waals surface area contributed by atoms with Gasteiger partial charge in [-0.1, -0.05) is 5.92 Å². The van der Waals surface area contributed by atoms with Gasteiger partial charge in [0.2, 0.25) is 0 Å². The highest BCUT2D eigenvalue weighted by molar-refractivity contribution is 4.98. The van der Waals surface area contributed by atoms with Gasteiger partial charge in [-0.2, -0.15) is 0 Å². The molecule has 62 valence electrons. The van der Waals surface area contributed by atoms with E-state index in [4.69, 9.17) is 6.42 Å². The van der Waals surface area contributed by atoms with E-state index in [1.54, 1.807) is 0 Å². The van der Waals surface area contributed by atoms with Crippen LogP contribution in [0.5, 0.6) is 0 Å². The minimum atomic E-state index is 0.291. The Labute approximate surface area is 69.0 Å². The van der Waals surface area contributed by atoms with Gasteiger partial charge in [-0.25, -0.2) is 0 Å². The summed E-state index contributed by atoms with van der Waals surface area (Å²) in [5.41, 5.74) is 0. The summed E-state index contributed by atoms with van der Waals surface area (Å²) in [6.45, 7) is 7.49. The van der Waals surface area contributed by atoms with Crippen molar-refractivity contribution in [1.82, 2.24) is 10.2 Å². The second kappa shape index (κ2) is 3.75. The van der Waals surface area contributed by atoms with Crippen LogP contribution in [0.25, 0.3) is 0 Å². The smallest absolute Gasteiger partial charge is 0.0684 e. The highest BCUT2D eigenvalue weighted by Crippen LogP contribution is 2.02. The molecule has 1 fully saturated rings. The van der Waals surface area contributed by atoms with Crippen LogP contribution in [0.3, 0.4) is 0 Å². The summed E-state index contributed by atoms with van der Waals surface area (Å²) < 4.78 is 0. The van der Waals surface area contributed by atoms with Crippen LogP contribution in [0.4, 0.5) is 0 Å². The number of hydrogen-bond donors (Lipinski definition) is 1. The minimum Gasteiger partial charge on any atom is -0.312 e. The van der Waals surface area contributed by atoms with E-state index in [9.17, 15) is 0 Å². The van der Waals surface area contributed by atoms with Crippen LogP contribution in [0.1, 0.15) is 13.8 Å². The molecule has 0 radical (unpaired) electrons. The molecule has 0 amide bonds. The third-order valence-corrected chi connectivity index (χ3v) is 2.19. The molecule has 2 nitrogen and oxygen atoms in total. The predicted molar refractivity (Wildman–Crippen MR) is 47.3 cm³/mol. The van der Waals surface area contributed by atoms with Crippen LogP contribution < -0.4 is 5.32 Å². The predicted octanol–water partition coefficient (Wildman–Crippen LogP) is 0.302. The van der Waals surface area contributed by atoms with Crippen molar-refractivity contribution < 1.29 is 0 Å². The van der Waals surface area contributed by atoms with Crippen molar-refractivity contribution in [3.63, 3.8) is 0 Å². The van der Waals surface area contributed by atoms with Crippen molar-refractivity contribution in [3.8, 4) is 12.3 Å². The van der Waals surface area contributed by atoms with Gasteiger partial charge in [0.05, 0.1) is 6.04 Å². The Morgan fingerprint density at radius 3 is 3.00 bits per heavy atom. The van der Waals surface area contributed by atoms with E-state index in [1.807, 2.05) is 0 Å². The van der Waals surface area contributed by atoms with Gasteiger partial charge in [-0.3, -0.25) is 4.90 Å². The number of nitrogens with one attached hydrogen (secondary N) is 1. The van der Waals surface area contributed by atoms with E-state index in [1.165, 1.54) is 0 Å². The SMILES string of the molecule is C#CC(C)N1CCNC(C)C1. The first-order chi connectivity index (χ1) is 5.24. The number of terminal acetylenes is 1. The summed E-state index contributed by atoms with van der Waals surface area (Å²) in [5, 5.41) is 3.38. The molecule has 0 saturated carbocycles. The average molecular weight is 152 g/mol. The lowest BCUT2D eigenvalue weighted by Gasteiger charge is -2.33. The van der Waals surface area contributed by atoms with E-state index in [-0.39, 0.29) is 0 Å². The lowest BCUT2D eigenvalue weighted by atomic mass is 10.2. The summed E-state index contributed by atoms with van der Waals surface area (Å²) in [7, 11) is 0. The molecule has 1 aliphatic heterocycles.